The Bertz CT molecular complexity index is 933. The standard InChI is InChI=1S/C19H25N3O5S/c1-3-11-26-19-15(7-6-8-20-19)13-21-18(23)16-12-17(14(2)27-16)28(24,25)22-9-4-5-10-22/h6-8,12H,3-5,9-11,13H2,1-2H3,(H,21,23). The van der Waals surface area contributed by atoms with Crippen LogP contribution in [0.1, 0.15) is 48.1 Å². The van der Waals surface area contributed by atoms with E-state index in [0.29, 0.717) is 25.6 Å². The van der Waals surface area contributed by atoms with Gasteiger partial charge in [-0.3, -0.25) is 4.79 Å². The van der Waals surface area contributed by atoms with Crippen molar-refractivity contribution < 1.29 is 22.4 Å². The molecule has 3 rings (SSSR count). The topological polar surface area (TPSA) is 102 Å². The molecule has 8 nitrogen and oxygen atoms in total. The van der Waals surface area contributed by atoms with E-state index in [0.717, 1.165) is 24.8 Å². The zero-order valence-corrected chi connectivity index (χ0v) is 16.9. The first kappa shape index (κ1) is 20.3. The molecule has 152 valence electrons. The summed E-state index contributed by atoms with van der Waals surface area (Å²) in [5.74, 6) is 0.162. The second-order valence-corrected chi connectivity index (χ2v) is 8.55. The molecule has 0 unspecified atom stereocenters. The summed E-state index contributed by atoms with van der Waals surface area (Å²) in [5.41, 5.74) is 0.734. The maximum atomic E-state index is 12.7. The summed E-state index contributed by atoms with van der Waals surface area (Å²) >= 11 is 0. The molecular weight excluding hydrogens is 382 g/mol. The highest BCUT2D eigenvalue weighted by Gasteiger charge is 2.31. The number of ether oxygens (including phenoxy) is 1. The second-order valence-electron chi connectivity index (χ2n) is 6.64. The predicted octanol–water partition coefficient (Wildman–Crippen LogP) is 2.49. The molecule has 1 saturated heterocycles. The first-order valence-electron chi connectivity index (χ1n) is 9.39. The van der Waals surface area contributed by atoms with Crippen molar-refractivity contribution in [1.29, 1.82) is 0 Å². The van der Waals surface area contributed by atoms with Crippen LogP contribution in [0, 0.1) is 6.92 Å². The van der Waals surface area contributed by atoms with Gasteiger partial charge in [-0.25, -0.2) is 13.4 Å². The van der Waals surface area contributed by atoms with Gasteiger partial charge in [0.15, 0.2) is 5.76 Å². The molecule has 0 spiro atoms. The molecule has 0 bridgehead atoms. The van der Waals surface area contributed by atoms with Crippen molar-refractivity contribution in [2.24, 2.45) is 0 Å². The third-order valence-electron chi connectivity index (χ3n) is 4.51. The van der Waals surface area contributed by atoms with E-state index < -0.39 is 15.9 Å². The van der Waals surface area contributed by atoms with Crippen molar-refractivity contribution in [2.75, 3.05) is 19.7 Å². The maximum Gasteiger partial charge on any atom is 0.287 e. The van der Waals surface area contributed by atoms with Crippen LogP contribution in [0.5, 0.6) is 5.88 Å². The van der Waals surface area contributed by atoms with E-state index >= 15 is 0 Å². The van der Waals surface area contributed by atoms with Crippen LogP contribution in [0.4, 0.5) is 0 Å². The minimum Gasteiger partial charge on any atom is -0.477 e. The van der Waals surface area contributed by atoms with E-state index in [1.807, 2.05) is 13.0 Å². The Morgan fingerprint density at radius 1 is 1.36 bits per heavy atom. The number of hydrogen-bond donors (Lipinski definition) is 1. The summed E-state index contributed by atoms with van der Waals surface area (Å²) in [6.45, 7) is 5.27. The third-order valence-corrected chi connectivity index (χ3v) is 6.52. The number of carbonyl (C=O) groups excluding carboxylic acids is 1. The van der Waals surface area contributed by atoms with Gasteiger partial charge in [-0.05, 0) is 32.3 Å². The zero-order valence-electron chi connectivity index (χ0n) is 16.1. The SMILES string of the molecule is CCCOc1ncccc1CNC(=O)c1cc(S(=O)(=O)N2CCCC2)c(C)o1. The summed E-state index contributed by atoms with van der Waals surface area (Å²) in [6.07, 6.45) is 4.16. The molecule has 28 heavy (non-hydrogen) atoms. The largest absolute Gasteiger partial charge is 0.477 e. The number of aryl methyl sites for hydroxylation is 1. The van der Waals surface area contributed by atoms with E-state index in [2.05, 4.69) is 10.3 Å². The van der Waals surface area contributed by atoms with Crippen LogP contribution in [0.3, 0.4) is 0 Å². The molecular formula is C19H25N3O5S. The van der Waals surface area contributed by atoms with E-state index in [4.69, 9.17) is 9.15 Å². The number of nitrogens with one attached hydrogen (secondary N) is 1. The van der Waals surface area contributed by atoms with Gasteiger partial charge in [-0.15, -0.1) is 0 Å². The lowest BCUT2D eigenvalue weighted by Crippen LogP contribution is -2.28. The Kier molecular flexibility index (Phi) is 6.35. The molecule has 0 atom stereocenters. The fraction of sp³-hybridized carbons (Fsp3) is 0.474. The zero-order chi connectivity index (χ0) is 20.1. The van der Waals surface area contributed by atoms with Crippen LogP contribution in [0.2, 0.25) is 0 Å². The number of carbonyl (C=O) groups is 1. The highest BCUT2D eigenvalue weighted by molar-refractivity contribution is 7.89. The Hall–Kier alpha value is -2.39. The number of amides is 1. The Balaban J connectivity index is 1.71. The molecule has 1 N–H and O–H groups in total. The molecule has 0 saturated carbocycles. The number of aromatic nitrogens is 1. The van der Waals surface area contributed by atoms with E-state index in [1.165, 1.54) is 10.4 Å². The predicted molar refractivity (Wildman–Crippen MR) is 103 cm³/mol. The van der Waals surface area contributed by atoms with Crippen molar-refractivity contribution >= 4 is 15.9 Å². The Morgan fingerprint density at radius 3 is 2.82 bits per heavy atom. The number of pyridine rings is 1. The molecule has 0 aromatic carbocycles. The molecule has 2 aromatic heterocycles. The summed E-state index contributed by atoms with van der Waals surface area (Å²) < 4.78 is 37.9. The number of sulfonamides is 1. The average Bonchev–Trinajstić information content (AvgIpc) is 3.35. The molecule has 1 fully saturated rings. The smallest absolute Gasteiger partial charge is 0.287 e. The van der Waals surface area contributed by atoms with Crippen LogP contribution < -0.4 is 10.1 Å². The van der Waals surface area contributed by atoms with Crippen LogP contribution in [-0.2, 0) is 16.6 Å². The molecule has 0 aliphatic carbocycles. The molecule has 2 aromatic rings. The van der Waals surface area contributed by atoms with Crippen molar-refractivity contribution in [3.8, 4) is 5.88 Å². The lowest BCUT2D eigenvalue weighted by atomic mass is 10.2. The highest BCUT2D eigenvalue weighted by Crippen LogP contribution is 2.26. The summed E-state index contributed by atoms with van der Waals surface area (Å²) in [6, 6.07) is 4.88. The average molecular weight is 407 g/mol. The van der Waals surface area contributed by atoms with E-state index in [-0.39, 0.29) is 23.0 Å². The van der Waals surface area contributed by atoms with Gasteiger partial charge in [0.25, 0.3) is 5.91 Å². The van der Waals surface area contributed by atoms with Crippen LogP contribution in [0.25, 0.3) is 0 Å². The van der Waals surface area contributed by atoms with Crippen LogP contribution in [-0.4, -0.2) is 43.3 Å². The van der Waals surface area contributed by atoms with Gasteiger partial charge in [0, 0.05) is 37.5 Å². The molecule has 1 aliphatic heterocycles. The van der Waals surface area contributed by atoms with Gasteiger partial charge in [0.05, 0.1) is 6.61 Å². The Labute approximate surface area is 164 Å². The van der Waals surface area contributed by atoms with Gasteiger partial charge >= 0.3 is 0 Å². The summed E-state index contributed by atoms with van der Waals surface area (Å²) in [5, 5.41) is 2.73. The van der Waals surface area contributed by atoms with Crippen molar-refractivity contribution in [2.45, 2.75) is 44.6 Å². The van der Waals surface area contributed by atoms with E-state index in [1.54, 1.807) is 19.2 Å². The van der Waals surface area contributed by atoms with Crippen molar-refractivity contribution in [3.05, 3.63) is 41.5 Å². The lowest BCUT2D eigenvalue weighted by Gasteiger charge is -2.14. The van der Waals surface area contributed by atoms with E-state index in [9.17, 15) is 13.2 Å². The summed E-state index contributed by atoms with van der Waals surface area (Å²) in [7, 11) is -3.64. The summed E-state index contributed by atoms with van der Waals surface area (Å²) in [4.78, 5) is 16.7. The minimum absolute atomic E-state index is 0.0322. The van der Waals surface area contributed by atoms with Crippen molar-refractivity contribution in [3.63, 3.8) is 0 Å². The monoisotopic (exact) mass is 407 g/mol. The molecule has 3 heterocycles. The number of furan rings is 1. The van der Waals surface area contributed by atoms with Crippen LogP contribution in [0.15, 0.2) is 33.7 Å². The third kappa shape index (κ3) is 4.36. The maximum absolute atomic E-state index is 12.7. The quantitative estimate of drug-likeness (QED) is 0.721. The van der Waals surface area contributed by atoms with Crippen molar-refractivity contribution in [1.82, 2.24) is 14.6 Å². The minimum atomic E-state index is -3.64. The molecule has 9 heteroatoms. The van der Waals surface area contributed by atoms with Gasteiger partial charge in [0.2, 0.25) is 15.9 Å². The highest BCUT2D eigenvalue weighted by atomic mass is 32.2. The second kappa shape index (κ2) is 8.74. The molecule has 0 radical (unpaired) electrons. The lowest BCUT2D eigenvalue weighted by molar-refractivity contribution is 0.0921. The first-order chi connectivity index (χ1) is 13.4. The van der Waals surface area contributed by atoms with Gasteiger partial charge in [-0.1, -0.05) is 13.0 Å². The molecule has 1 amide bonds. The first-order valence-corrected chi connectivity index (χ1v) is 10.8. The Morgan fingerprint density at radius 2 is 2.11 bits per heavy atom. The van der Waals surface area contributed by atoms with Gasteiger partial charge in [0.1, 0.15) is 10.7 Å². The fourth-order valence-corrected chi connectivity index (χ4v) is 4.73. The van der Waals surface area contributed by atoms with Gasteiger partial charge in [-0.2, -0.15) is 4.31 Å². The number of nitrogens with zero attached hydrogens (tertiary/aromatic N) is 2. The normalized spacial score (nSPS) is 14.9. The van der Waals surface area contributed by atoms with Crippen LogP contribution >= 0.6 is 0 Å². The number of rotatable bonds is 8. The fourth-order valence-electron chi connectivity index (χ4n) is 3.05. The molecule has 1 aliphatic rings. The number of hydrogen-bond acceptors (Lipinski definition) is 6. The van der Waals surface area contributed by atoms with Gasteiger partial charge < -0.3 is 14.5 Å².